The van der Waals surface area contributed by atoms with Gasteiger partial charge in [-0.2, -0.15) is 0 Å². The predicted molar refractivity (Wildman–Crippen MR) is 157 cm³/mol. The molecule has 0 heterocycles. The molecule has 0 saturated heterocycles. The molecule has 2 aromatic carbocycles. The second-order valence-electron chi connectivity index (χ2n) is 10.8. The van der Waals surface area contributed by atoms with E-state index in [9.17, 15) is 14.7 Å². The fourth-order valence-electron chi connectivity index (χ4n) is 2.86. The second kappa shape index (κ2) is 13.1. The molecule has 0 spiro atoms. The molecule has 0 aliphatic rings. The van der Waals surface area contributed by atoms with Gasteiger partial charge >= 0.3 is 13.5 Å². The molecule has 5 N–H and O–H groups in total. The minimum absolute atomic E-state index is 0.0541. The van der Waals surface area contributed by atoms with E-state index in [0.29, 0.717) is 29.0 Å². The molecule has 11 heteroatoms. The lowest BCUT2D eigenvalue weighted by Crippen LogP contribution is -2.49. The normalized spacial score (nSPS) is 13.1. The van der Waals surface area contributed by atoms with Crippen LogP contribution in [0.3, 0.4) is 0 Å². The molecule has 2 amide bonds. The number of benzene rings is 2. The molecule has 0 aromatic heterocycles. The summed E-state index contributed by atoms with van der Waals surface area (Å²) in [4.78, 5) is 28.1. The summed E-state index contributed by atoms with van der Waals surface area (Å²) in [6.45, 7) is 12.9. The molecular weight excluding hydrogens is 519 g/mol. The summed E-state index contributed by atoms with van der Waals surface area (Å²) < 4.78 is 10.7. The number of nitrogens with one attached hydrogen (secondary N) is 2. The van der Waals surface area contributed by atoms with Crippen molar-refractivity contribution < 1.29 is 24.1 Å². The van der Waals surface area contributed by atoms with Crippen LogP contribution in [-0.4, -0.2) is 48.7 Å². The third-order valence-electron chi connectivity index (χ3n) is 6.32. The Kier molecular flexibility index (Phi) is 10.7. The Labute approximate surface area is 236 Å². The van der Waals surface area contributed by atoms with Crippen molar-refractivity contribution in [1.29, 1.82) is 0 Å². The van der Waals surface area contributed by atoms with E-state index >= 15 is 0 Å². The Bertz CT molecular complexity index is 1220. The van der Waals surface area contributed by atoms with Crippen LogP contribution in [0.15, 0.2) is 59.2 Å². The van der Waals surface area contributed by atoms with Crippen LogP contribution in [0.5, 0.6) is 0 Å². The van der Waals surface area contributed by atoms with Gasteiger partial charge in [0, 0.05) is 17.2 Å². The molecule has 0 aliphatic carbocycles. The summed E-state index contributed by atoms with van der Waals surface area (Å²) in [5.41, 5.74) is 6.70. The first kappa shape index (κ1) is 31.9. The minimum atomic E-state index is -1.07. The van der Waals surface area contributed by atoms with Gasteiger partial charge in [-0.15, -0.1) is 0 Å². The number of carbonyl (C=O) groups is 2. The quantitative estimate of drug-likeness (QED) is 0.141. The van der Waals surface area contributed by atoms with Gasteiger partial charge in [0.25, 0.3) is 6.47 Å². The Morgan fingerprint density at radius 2 is 1.77 bits per heavy atom. The van der Waals surface area contributed by atoms with Gasteiger partial charge in [-0.1, -0.05) is 54.7 Å². The summed E-state index contributed by atoms with van der Waals surface area (Å²) in [6, 6.07) is 11.8. The molecule has 0 bridgehead atoms. The number of nitrogens with two attached hydrogens (primary N) is 1. The molecule has 0 fully saturated rings. The molecule has 1 radical (unpaired) electrons. The van der Waals surface area contributed by atoms with E-state index in [1.165, 1.54) is 13.6 Å². The highest BCUT2D eigenvalue weighted by molar-refractivity contribution is 6.48. The van der Waals surface area contributed by atoms with E-state index in [2.05, 4.69) is 15.6 Å². The van der Waals surface area contributed by atoms with E-state index in [-0.39, 0.29) is 17.5 Å². The zero-order valence-corrected chi connectivity index (χ0v) is 24.2. The number of hydrogen-bond acceptors (Lipinski definition) is 7. The van der Waals surface area contributed by atoms with Gasteiger partial charge in [0.15, 0.2) is 0 Å². The number of aliphatic hydroxyl groups is 1. The minimum Gasteiger partial charge on any atom is -0.467 e. The highest BCUT2D eigenvalue weighted by atomic mass is 35.5. The number of halogens is 1. The molecule has 0 atom stereocenters. The zero-order valence-electron chi connectivity index (χ0n) is 23.5. The molecule has 39 heavy (non-hydrogen) atoms. The van der Waals surface area contributed by atoms with E-state index < -0.39 is 22.6 Å². The van der Waals surface area contributed by atoms with Gasteiger partial charge in [0.2, 0.25) is 0 Å². The predicted octanol–water partition coefficient (Wildman–Crippen LogP) is 4.35. The molecule has 2 rings (SSSR count). The SMILES string of the molecule is Cc1ccc(N=C(C=C(N)C(C)(C)COC=O)NC(=O)Nc2ccc([B]OC(C)(C)C(C)(C)O)cc2Cl)cc1. The molecule has 0 unspecified atom stereocenters. The van der Waals surface area contributed by atoms with Crippen LogP contribution in [0.25, 0.3) is 0 Å². The Balaban J connectivity index is 2.22. The number of carbonyl (C=O) groups excluding carboxylic acids is 2. The fourth-order valence-corrected chi connectivity index (χ4v) is 3.09. The summed E-state index contributed by atoms with van der Waals surface area (Å²) in [7, 11) is 1.50. The zero-order chi connectivity index (χ0) is 29.4. The smallest absolute Gasteiger partial charge is 0.330 e. The van der Waals surface area contributed by atoms with E-state index in [4.69, 9.17) is 26.7 Å². The summed E-state index contributed by atoms with van der Waals surface area (Å²) in [5.74, 6) is 0.177. The Morgan fingerprint density at radius 1 is 1.13 bits per heavy atom. The molecule has 9 nitrogen and oxygen atoms in total. The summed E-state index contributed by atoms with van der Waals surface area (Å²) in [5, 5.41) is 16.0. The van der Waals surface area contributed by atoms with Crippen molar-refractivity contribution in [1.82, 2.24) is 5.32 Å². The number of aliphatic imine (C=N–C) groups is 1. The first-order chi connectivity index (χ1) is 18.0. The number of anilines is 1. The van der Waals surface area contributed by atoms with Gasteiger partial charge in [-0.3, -0.25) is 10.1 Å². The van der Waals surface area contributed by atoms with E-state index in [0.717, 1.165) is 5.56 Å². The number of rotatable bonds is 11. The lowest BCUT2D eigenvalue weighted by atomic mass is 9.82. The number of aryl methyl sites for hydroxylation is 1. The second-order valence-corrected chi connectivity index (χ2v) is 11.3. The van der Waals surface area contributed by atoms with Crippen molar-refractivity contribution in [2.45, 2.75) is 59.7 Å². The first-order valence-electron chi connectivity index (χ1n) is 12.3. The van der Waals surface area contributed by atoms with Crippen LogP contribution in [0.1, 0.15) is 47.1 Å². The van der Waals surface area contributed by atoms with Gasteiger partial charge < -0.3 is 25.5 Å². The lowest BCUT2D eigenvalue weighted by Gasteiger charge is -2.37. The lowest BCUT2D eigenvalue weighted by molar-refractivity contribution is -0.130. The molecule has 0 aliphatic heterocycles. The molecule has 209 valence electrons. The third-order valence-corrected chi connectivity index (χ3v) is 6.63. The monoisotopic (exact) mass is 555 g/mol. The van der Waals surface area contributed by atoms with E-state index in [1.807, 2.05) is 31.2 Å². The van der Waals surface area contributed by atoms with Crippen molar-refractivity contribution in [3.63, 3.8) is 0 Å². The average Bonchev–Trinajstić information content (AvgIpc) is 2.83. The fraction of sp³-hybridized carbons (Fsp3) is 0.393. The maximum Gasteiger partial charge on any atom is 0.330 e. The Morgan fingerprint density at radius 3 is 2.33 bits per heavy atom. The van der Waals surface area contributed by atoms with Crippen molar-refractivity contribution >= 4 is 54.3 Å². The number of urea groups is 1. The average molecular weight is 556 g/mol. The summed E-state index contributed by atoms with van der Waals surface area (Å²) >= 11 is 6.42. The number of amidine groups is 1. The highest BCUT2D eigenvalue weighted by Crippen LogP contribution is 2.25. The largest absolute Gasteiger partial charge is 0.467 e. The molecular formula is C28H37BClN4O5. The maximum absolute atomic E-state index is 12.9. The molecule has 2 aromatic rings. The Hall–Kier alpha value is -3.34. The highest BCUT2D eigenvalue weighted by Gasteiger charge is 2.35. The third kappa shape index (κ3) is 9.73. The van der Waals surface area contributed by atoms with Crippen molar-refractivity contribution in [3.05, 3.63) is 64.8 Å². The van der Waals surface area contributed by atoms with Crippen LogP contribution >= 0.6 is 11.6 Å². The van der Waals surface area contributed by atoms with Crippen LogP contribution in [0.4, 0.5) is 16.2 Å². The van der Waals surface area contributed by atoms with Crippen LogP contribution in [-0.2, 0) is 14.2 Å². The topological polar surface area (TPSA) is 135 Å². The van der Waals surface area contributed by atoms with Gasteiger partial charge in [0.05, 0.1) is 27.6 Å². The first-order valence-corrected chi connectivity index (χ1v) is 12.7. The van der Waals surface area contributed by atoms with Crippen LogP contribution < -0.4 is 21.8 Å². The van der Waals surface area contributed by atoms with Crippen molar-refractivity contribution in [2.24, 2.45) is 16.1 Å². The number of hydrogen-bond donors (Lipinski definition) is 4. The number of ether oxygens (including phenoxy) is 1. The summed E-state index contributed by atoms with van der Waals surface area (Å²) in [6.07, 6.45) is 1.52. The van der Waals surface area contributed by atoms with Crippen LogP contribution in [0, 0.1) is 12.3 Å². The van der Waals surface area contributed by atoms with Crippen molar-refractivity contribution in [2.75, 3.05) is 11.9 Å². The maximum atomic E-state index is 12.9. The van der Waals surface area contributed by atoms with E-state index in [1.54, 1.807) is 59.7 Å². The van der Waals surface area contributed by atoms with Gasteiger partial charge in [-0.25, -0.2) is 9.79 Å². The molecule has 0 saturated carbocycles. The number of amides is 2. The van der Waals surface area contributed by atoms with Gasteiger partial charge in [0.1, 0.15) is 12.4 Å². The standard InChI is InChI=1S/C28H37BClN4O5/c1-18-8-11-20(12-9-18)32-24(15-23(31)26(2,3)16-38-17-35)34-25(36)33-22-13-10-19(14-21(22)30)29-39-28(6,7)27(4,5)37/h8-15,17,37H,16,31H2,1-7H3,(H2,32,33,34,36). The van der Waals surface area contributed by atoms with Crippen LogP contribution in [0.2, 0.25) is 5.02 Å². The van der Waals surface area contributed by atoms with Gasteiger partial charge in [-0.05, 0) is 58.9 Å². The van der Waals surface area contributed by atoms with Crippen molar-refractivity contribution in [3.8, 4) is 0 Å². The number of nitrogens with zero attached hydrogens (tertiary/aromatic N) is 1.